The number of methoxy groups -OCH3 is 3. The molecule has 0 aromatic heterocycles. The van der Waals surface area contributed by atoms with E-state index in [-0.39, 0.29) is 69.6 Å². The fourth-order valence-electron chi connectivity index (χ4n) is 6.38. The Kier molecular flexibility index (Phi) is 9.68. The van der Waals surface area contributed by atoms with Crippen LogP contribution in [0.5, 0.6) is 17.2 Å². The van der Waals surface area contributed by atoms with Gasteiger partial charge < -0.3 is 49.8 Å². The molecule has 12 nitrogen and oxygen atoms in total. The number of fused-ring (bicyclic) bond motifs is 3. The molecule has 0 amide bonds. The molecule has 0 spiro atoms. The Bertz CT molecular complexity index is 1410. The Labute approximate surface area is 266 Å². The zero-order valence-electron chi connectivity index (χ0n) is 24.0. The van der Waals surface area contributed by atoms with Crippen LogP contribution in [0.1, 0.15) is 68.8 Å². The average Bonchev–Trinajstić information content (AvgIpc) is 2.96. The Hall–Kier alpha value is -2.14. The van der Waals surface area contributed by atoms with Crippen molar-refractivity contribution < 1.29 is 53.7 Å². The van der Waals surface area contributed by atoms with Gasteiger partial charge in [0.1, 0.15) is 22.8 Å². The van der Waals surface area contributed by atoms with Crippen LogP contribution < -0.4 is 10.5 Å². The highest BCUT2D eigenvalue weighted by Crippen LogP contribution is 2.54. The van der Waals surface area contributed by atoms with Crippen molar-refractivity contribution in [2.45, 2.75) is 68.2 Å². The lowest BCUT2D eigenvalue weighted by Gasteiger charge is -2.49. The second-order valence-electron chi connectivity index (χ2n) is 10.9. The van der Waals surface area contributed by atoms with Crippen molar-refractivity contribution in [2.75, 3.05) is 26.7 Å². The molecule has 236 valence electrons. The fourth-order valence-corrected chi connectivity index (χ4v) is 7.36. The first-order chi connectivity index (χ1) is 19.9. The standard InChI is InChI=1S/C29H34BrNO11.BrH/c1-12-23(32)15(31)8-18(41-12)42-17-10-28(37,29(11-30,39-3)40-4)9-14-20(17)27(36)22-21(25(14)34)24(33)13-6-5-7-16(38-2)19(13)26(22)35;/h5-7,12,15,17-18,23,32,34,36-37H,8-11,31H2,1-4H3;1H/t12?,15?,17-,18?,23?,28-;/m0./s1. The van der Waals surface area contributed by atoms with E-state index in [1.807, 2.05) is 0 Å². The van der Waals surface area contributed by atoms with Gasteiger partial charge in [0.2, 0.25) is 11.6 Å². The number of halogens is 2. The lowest BCUT2D eigenvalue weighted by atomic mass is 9.70. The van der Waals surface area contributed by atoms with Gasteiger partial charge in [-0.15, -0.1) is 17.0 Å². The molecule has 2 aromatic rings. The number of hydrogen-bond donors (Lipinski definition) is 5. The van der Waals surface area contributed by atoms with Crippen molar-refractivity contribution in [3.8, 4) is 17.2 Å². The summed E-state index contributed by atoms with van der Waals surface area (Å²) < 4.78 is 28.7. The first-order valence-electron chi connectivity index (χ1n) is 13.4. The van der Waals surface area contributed by atoms with Gasteiger partial charge in [-0.25, -0.2) is 0 Å². The van der Waals surface area contributed by atoms with E-state index in [1.54, 1.807) is 13.0 Å². The number of carbonyl (C=O) groups is 2. The zero-order valence-corrected chi connectivity index (χ0v) is 27.3. The number of aromatic hydroxyl groups is 2. The van der Waals surface area contributed by atoms with Crippen molar-refractivity contribution in [3.63, 3.8) is 0 Å². The van der Waals surface area contributed by atoms with Gasteiger partial charge in [0.05, 0.1) is 47.4 Å². The molecule has 2 aliphatic carbocycles. The minimum Gasteiger partial charge on any atom is -0.507 e. The molecular weight excluding hydrogens is 698 g/mol. The molecule has 4 unspecified atom stereocenters. The SMILES string of the molecule is Br.COc1cccc2c1C(=O)c1c(O)c3c(c(O)c1C2=O)C[C@@](O)(C(CBr)(OC)OC)C[C@@H]3OC1CC(N)C(O)C(C)O1. The summed E-state index contributed by atoms with van der Waals surface area (Å²) in [6.07, 6.45) is -4.33. The number of benzene rings is 2. The summed E-state index contributed by atoms with van der Waals surface area (Å²) >= 11 is 3.34. The van der Waals surface area contributed by atoms with Gasteiger partial charge in [-0.1, -0.05) is 28.1 Å². The third-order valence-electron chi connectivity index (χ3n) is 8.69. The topological polar surface area (TPSA) is 187 Å². The van der Waals surface area contributed by atoms with Crippen molar-refractivity contribution in [2.24, 2.45) is 5.73 Å². The predicted molar refractivity (Wildman–Crippen MR) is 161 cm³/mol. The van der Waals surface area contributed by atoms with Gasteiger partial charge in [-0.2, -0.15) is 0 Å². The Morgan fingerprint density at radius 3 is 2.33 bits per heavy atom. The Balaban J connectivity index is 0.00000423. The van der Waals surface area contributed by atoms with E-state index in [2.05, 4.69) is 15.9 Å². The minimum atomic E-state index is -1.89. The van der Waals surface area contributed by atoms with E-state index in [0.29, 0.717) is 0 Å². The molecule has 3 aliphatic rings. The molecule has 0 radical (unpaired) electrons. The molecule has 2 aromatic carbocycles. The number of phenolic OH excluding ortho intramolecular Hbond substituents is 2. The molecule has 6 N–H and O–H groups in total. The molecule has 1 heterocycles. The third-order valence-corrected chi connectivity index (χ3v) is 9.43. The summed E-state index contributed by atoms with van der Waals surface area (Å²) in [5, 5.41) is 45.7. The minimum absolute atomic E-state index is 0. The fraction of sp³-hybridized carbons (Fsp3) is 0.517. The van der Waals surface area contributed by atoms with Crippen molar-refractivity contribution in [3.05, 3.63) is 51.6 Å². The van der Waals surface area contributed by atoms with E-state index in [0.717, 1.165) is 0 Å². The number of phenols is 2. The number of carbonyl (C=O) groups excluding carboxylic acids is 2. The highest BCUT2D eigenvalue weighted by Gasteiger charge is 2.57. The molecule has 14 heteroatoms. The highest BCUT2D eigenvalue weighted by molar-refractivity contribution is 9.09. The predicted octanol–water partition coefficient (Wildman–Crippen LogP) is 2.40. The Morgan fingerprint density at radius 1 is 1.09 bits per heavy atom. The number of ether oxygens (including phenoxy) is 5. The maximum Gasteiger partial charge on any atom is 0.207 e. The second-order valence-corrected chi connectivity index (χ2v) is 11.4. The lowest BCUT2D eigenvalue weighted by molar-refractivity contribution is -0.306. The maximum atomic E-state index is 13.8. The van der Waals surface area contributed by atoms with Crippen molar-refractivity contribution in [1.82, 2.24) is 0 Å². The first kappa shape index (κ1) is 33.7. The highest BCUT2D eigenvalue weighted by atomic mass is 79.9. The van der Waals surface area contributed by atoms with Crippen LogP contribution in [0.2, 0.25) is 0 Å². The van der Waals surface area contributed by atoms with Gasteiger partial charge in [0.25, 0.3) is 0 Å². The van der Waals surface area contributed by atoms with Crippen molar-refractivity contribution >= 4 is 44.5 Å². The molecule has 43 heavy (non-hydrogen) atoms. The van der Waals surface area contributed by atoms with Crippen LogP contribution in [0.25, 0.3) is 0 Å². The van der Waals surface area contributed by atoms with Gasteiger partial charge in [0.15, 0.2) is 12.1 Å². The second kappa shape index (κ2) is 12.3. The summed E-state index contributed by atoms with van der Waals surface area (Å²) in [7, 11) is 4.04. The molecule has 1 saturated heterocycles. The van der Waals surface area contributed by atoms with Crippen LogP contribution in [0.4, 0.5) is 0 Å². The third kappa shape index (κ3) is 5.10. The van der Waals surface area contributed by atoms with E-state index in [1.165, 1.54) is 33.5 Å². The molecule has 5 rings (SSSR count). The van der Waals surface area contributed by atoms with Crippen LogP contribution in [0, 0.1) is 0 Å². The van der Waals surface area contributed by atoms with E-state index >= 15 is 0 Å². The number of nitrogens with two attached hydrogens (primary N) is 1. The molecule has 0 saturated carbocycles. The average molecular weight is 733 g/mol. The number of ketones is 2. The number of alkyl halides is 1. The zero-order chi connectivity index (χ0) is 30.7. The van der Waals surface area contributed by atoms with Gasteiger partial charge >= 0.3 is 0 Å². The molecular formula is C29H35Br2NO11. The number of hydrogen-bond acceptors (Lipinski definition) is 12. The number of rotatable bonds is 7. The largest absolute Gasteiger partial charge is 0.507 e. The van der Waals surface area contributed by atoms with E-state index in [4.69, 9.17) is 29.4 Å². The summed E-state index contributed by atoms with van der Waals surface area (Å²) in [5.41, 5.74) is 3.36. The van der Waals surface area contributed by atoms with Gasteiger partial charge in [-0.3, -0.25) is 9.59 Å². The van der Waals surface area contributed by atoms with Crippen LogP contribution in [-0.4, -0.2) is 94.6 Å². The molecule has 0 bridgehead atoms. The van der Waals surface area contributed by atoms with Gasteiger partial charge in [-0.05, 0) is 13.0 Å². The molecule has 1 fully saturated rings. The maximum absolute atomic E-state index is 13.8. The lowest BCUT2D eigenvalue weighted by Crippen LogP contribution is -2.61. The van der Waals surface area contributed by atoms with Crippen LogP contribution in [-0.2, 0) is 25.4 Å². The molecule has 1 aliphatic heterocycles. The Morgan fingerprint density at radius 2 is 1.74 bits per heavy atom. The number of aliphatic hydroxyl groups is 2. The normalized spacial score (nSPS) is 28.4. The smallest absolute Gasteiger partial charge is 0.207 e. The summed E-state index contributed by atoms with van der Waals surface area (Å²) in [6.45, 7) is 1.63. The number of aliphatic hydroxyl groups excluding tert-OH is 1. The summed E-state index contributed by atoms with van der Waals surface area (Å²) in [5.74, 6) is -4.10. The monoisotopic (exact) mass is 731 g/mol. The van der Waals surface area contributed by atoms with Crippen molar-refractivity contribution in [1.29, 1.82) is 0 Å². The van der Waals surface area contributed by atoms with E-state index < -0.39 is 76.2 Å². The summed E-state index contributed by atoms with van der Waals surface area (Å²) in [4.78, 5) is 27.5. The summed E-state index contributed by atoms with van der Waals surface area (Å²) in [6, 6.07) is 3.81. The van der Waals surface area contributed by atoms with E-state index in [9.17, 15) is 30.0 Å². The quantitative estimate of drug-likeness (QED) is 0.136. The van der Waals surface area contributed by atoms with Crippen LogP contribution >= 0.6 is 32.9 Å². The molecule has 6 atom stereocenters. The van der Waals surface area contributed by atoms with Crippen LogP contribution in [0.15, 0.2) is 18.2 Å². The first-order valence-corrected chi connectivity index (χ1v) is 14.5. The van der Waals surface area contributed by atoms with Crippen LogP contribution in [0.3, 0.4) is 0 Å². The van der Waals surface area contributed by atoms with Gasteiger partial charge in [0, 0.05) is 56.2 Å².